The Bertz CT molecular complexity index is 608. The normalized spacial score (nSPS) is 10.4. The standard InChI is InChI=1S/C12H6Cl3NO2/c13-7-2-1-3-8(14)11(7)10-4-6(12(17)18)9(15)5-16-10/h1-5H,(H,17,18). The van der Waals surface area contributed by atoms with E-state index in [9.17, 15) is 4.79 Å². The number of nitrogens with zero attached hydrogens (tertiary/aromatic N) is 1. The third-order valence-electron chi connectivity index (χ3n) is 2.30. The van der Waals surface area contributed by atoms with Gasteiger partial charge >= 0.3 is 5.97 Å². The number of halogens is 3. The van der Waals surface area contributed by atoms with Crippen LogP contribution in [0.2, 0.25) is 15.1 Å². The van der Waals surface area contributed by atoms with Crippen LogP contribution in [-0.4, -0.2) is 16.1 Å². The van der Waals surface area contributed by atoms with Gasteiger partial charge in [-0.15, -0.1) is 0 Å². The van der Waals surface area contributed by atoms with Crippen LogP contribution >= 0.6 is 34.8 Å². The lowest BCUT2D eigenvalue weighted by atomic mass is 10.1. The number of hydrogen-bond acceptors (Lipinski definition) is 2. The van der Waals surface area contributed by atoms with Crippen LogP contribution in [0.1, 0.15) is 10.4 Å². The summed E-state index contributed by atoms with van der Waals surface area (Å²) in [5, 5.41) is 9.86. The van der Waals surface area contributed by atoms with Gasteiger partial charge in [-0.1, -0.05) is 40.9 Å². The molecule has 1 aromatic carbocycles. The topological polar surface area (TPSA) is 50.2 Å². The molecule has 0 fully saturated rings. The van der Waals surface area contributed by atoms with Crippen LogP contribution in [0.25, 0.3) is 11.3 Å². The van der Waals surface area contributed by atoms with Gasteiger partial charge in [0.2, 0.25) is 0 Å². The molecule has 3 nitrogen and oxygen atoms in total. The maximum Gasteiger partial charge on any atom is 0.337 e. The number of pyridine rings is 1. The Morgan fingerprint density at radius 2 is 1.72 bits per heavy atom. The fraction of sp³-hybridized carbons (Fsp3) is 0. The lowest BCUT2D eigenvalue weighted by Gasteiger charge is -2.07. The van der Waals surface area contributed by atoms with E-state index in [1.807, 2.05) is 0 Å². The van der Waals surface area contributed by atoms with E-state index in [2.05, 4.69) is 4.98 Å². The predicted octanol–water partition coefficient (Wildman–Crippen LogP) is 4.41. The predicted molar refractivity (Wildman–Crippen MR) is 71.7 cm³/mol. The van der Waals surface area contributed by atoms with Crippen LogP contribution in [0, 0.1) is 0 Å². The van der Waals surface area contributed by atoms with E-state index >= 15 is 0 Å². The lowest BCUT2D eigenvalue weighted by Crippen LogP contribution is -1.99. The van der Waals surface area contributed by atoms with Crippen molar-refractivity contribution in [2.75, 3.05) is 0 Å². The van der Waals surface area contributed by atoms with Crippen LogP contribution in [-0.2, 0) is 0 Å². The zero-order chi connectivity index (χ0) is 13.3. The van der Waals surface area contributed by atoms with E-state index < -0.39 is 5.97 Å². The number of carboxylic acids is 1. The summed E-state index contributed by atoms with van der Waals surface area (Å²) in [4.78, 5) is 15.0. The Morgan fingerprint density at radius 1 is 1.11 bits per heavy atom. The third kappa shape index (κ3) is 2.43. The first-order valence-electron chi connectivity index (χ1n) is 4.84. The zero-order valence-electron chi connectivity index (χ0n) is 8.82. The molecule has 2 rings (SSSR count). The molecule has 1 aromatic heterocycles. The van der Waals surface area contributed by atoms with Gasteiger partial charge in [0.25, 0.3) is 0 Å². The molecule has 0 amide bonds. The molecule has 6 heteroatoms. The number of benzene rings is 1. The van der Waals surface area contributed by atoms with Crippen LogP contribution in [0.4, 0.5) is 0 Å². The first-order valence-corrected chi connectivity index (χ1v) is 5.97. The van der Waals surface area contributed by atoms with Gasteiger partial charge in [0.15, 0.2) is 0 Å². The number of rotatable bonds is 2. The third-order valence-corrected chi connectivity index (χ3v) is 3.24. The van der Waals surface area contributed by atoms with Gasteiger partial charge in [-0.3, -0.25) is 4.98 Å². The Kier molecular flexibility index (Phi) is 3.76. The van der Waals surface area contributed by atoms with Crippen molar-refractivity contribution >= 4 is 40.8 Å². The summed E-state index contributed by atoms with van der Waals surface area (Å²) in [6.45, 7) is 0. The Labute approximate surface area is 118 Å². The SMILES string of the molecule is O=C(O)c1cc(-c2c(Cl)cccc2Cl)ncc1Cl. The number of hydrogen-bond donors (Lipinski definition) is 1. The second-order valence-corrected chi connectivity index (χ2v) is 4.67. The number of carboxylic acid groups (broad SMARTS) is 1. The highest BCUT2D eigenvalue weighted by molar-refractivity contribution is 6.39. The molecule has 0 aliphatic rings. The molecule has 0 spiro atoms. The summed E-state index contributed by atoms with van der Waals surface area (Å²) in [5.41, 5.74) is 0.810. The molecule has 18 heavy (non-hydrogen) atoms. The van der Waals surface area contributed by atoms with Gasteiger partial charge in [0.1, 0.15) is 0 Å². The summed E-state index contributed by atoms with van der Waals surface area (Å²) in [6.07, 6.45) is 1.26. The fourth-order valence-corrected chi connectivity index (χ4v) is 2.26. The molecule has 0 bridgehead atoms. The van der Waals surface area contributed by atoms with E-state index in [1.165, 1.54) is 12.3 Å². The van der Waals surface area contributed by atoms with E-state index in [0.717, 1.165) is 0 Å². The quantitative estimate of drug-likeness (QED) is 0.894. The molecule has 0 aliphatic carbocycles. The molecule has 92 valence electrons. The first-order chi connectivity index (χ1) is 8.50. The molecule has 2 aromatic rings. The summed E-state index contributed by atoms with van der Waals surface area (Å²) >= 11 is 17.8. The van der Waals surface area contributed by atoms with Gasteiger partial charge in [-0.05, 0) is 18.2 Å². The summed E-state index contributed by atoms with van der Waals surface area (Å²) in [6, 6.07) is 6.35. The maximum atomic E-state index is 11.0. The number of carbonyl (C=O) groups is 1. The highest BCUT2D eigenvalue weighted by Crippen LogP contribution is 2.34. The summed E-state index contributed by atoms with van der Waals surface area (Å²) in [7, 11) is 0. The largest absolute Gasteiger partial charge is 0.478 e. The minimum Gasteiger partial charge on any atom is -0.478 e. The van der Waals surface area contributed by atoms with Crippen LogP contribution in [0.15, 0.2) is 30.5 Å². The molecule has 0 atom stereocenters. The zero-order valence-corrected chi connectivity index (χ0v) is 11.1. The summed E-state index contributed by atoms with van der Waals surface area (Å²) in [5.74, 6) is -1.13. The number of aromatic nitrogens is 1. The fourth-order valence-electron chi connectivity index (χ4n) is 1.48. The van der Waals surface area contributed by atoms with Crippen molar-refractivity contribution in [1.29, 1.82) is 0 Å². The molecule has 0 radical (unpaired) electrons. The van der Waals surface area contributed by atoms with Crippen LogP contribution in [0.3, 0.4) is 0 Å². The minimum absolute atomic E-state index is 0.0438. The van der Waals surface area contributed by atoms with E-state index in [4.69, 9.17) is 39.9 Å². The average Bonchev–Trinajstić information content (AvgIpc) is 2.30. The van der Waals surface area contributed by atoms with Crippen molar-refractivity contribution < 1.29 is 9.90 Å². The molecule has 0 unspecified atom stereocenters. The van der Waals surface area contributed by atoms with E-state index in [1.54, 1.807) is 18.2 Å². The first kappa shape index (κ1) is 13.1. The van der Waals surface area contributed by atoms with Crippen molar-refractivity contribution in [2.24, 2.45) is 0 Å². The molecule has 0 saturated carbocycles. The van der Waals surface area contributed by atoms with Crippen molar-refractivity contribution in [3.05, 3.63) is 51.1 Å². The molecule has 0 aliphatic heterocycles. The van der Waals surface area contributed by atoms with Crippen molar-refractivity contribution in [3.63, 3.8) is 0 Å². The second kappa shape index (κ2) is 5.14. The van der Waals surface area contributed by atoms with Crippen LogP contribution in [0.5, 0.6) is 0 Å². The van der Waals surface area contributed by atoms with Gasteiger partial charge in [-0.2, -0.15) is 0 Å². The van der Waals surface area contributed by atoms with Gasteiger partial charge in [0.05, 0.1) is 26.3 Å². The van der Waals surface area contributed by atoms with Gasteiger partial charge in [0, 0.05) is 11.8 Å². The smallest absolute Gasteiger partial charge is 0.337 e. The van der Waals surface area contributed by atoms with Crippen molar-refractivity contribution in [2.45, 2.75) is 0 Å². The average molecular weight is 303 g/mol. The van der Waals surface area contributed by atoms with Crippen molar-refractivity contribution in [1.82, 2.24) is 4.98 Å². The monoisotopic (exact) mass is 301 g/mol. The number of aromatic carboxylic acids is 1. The Hall–Kier alpha value is -1.29. The minimum atomic E-state index is -1.13. The molecule has 0 saturated heterocycles. The second-order valence-electron chi connectivity index (χ2n) is 3.45. The van der Waals surface area contributed by atoms with Crippen LogP contribution < -0.4 is 0 Å². The molecule has 1 N–H and O–H groups in total. The molecule has 1 heterocycles. The molecular formula is C12H6Cl3NO2. The Morgan fingerprint density at radius 3 is 2.28 bits per heavy atom. The lowest BCUT2D eigenvalue weighted by molar-refractivity contribution is 0.0697. The van der Waals surface area contributed by atoms with Crippen molar-refractivity contribution in [3.8, 4) is 11.3 Å². The van der Waals surface area contributed by atoms with E-state index in [-0.39, 0.29) is 10.6 Å². The van der Waals surface area contributed by atoms with Gasteiger partial charge in [-0.25, -0.2) is 4.79 Å². The highest BCUT2D eigenvalue weighted by atomic mass is 35.5. The maximum absolute atomic E-state index is 11.0. The van der Waals surface area contributed by atoms with E-state index in [0.29, 0.717) is 21.3 Å². The highest BCUT2D eigenvalue weighted by Gasteiger charge is 2.15. The summed E-state index contributed by atoms with van der Waals surface area (Å²) < 4.78 is 0. The van der Waals surface area contributed by atoms with Gasteiger partial charge < -0.3 is 5.11 Å². The Balaban J connectivity index is 2.65. The molecular weight excluding hydrogens is 296 g/mol.